The maximum Gasteiger partial charge on any atom is 0.262 e. The van der Waals surface area contributed by atoms with E-state index in [9.17, 15) is 14.4 Å². The molecule has 41 heavy (non-hydrogen) atoms. The molecule has 1 heterocycles. The first kappa shape index (κ1) is 30.1. The van der Waals surface area contributed by atoms with Crippen LogP contribution in [0.25, 0.3) is 10.9 Å². The van der Waals surface area contributed by atoms with Crippen molar-refractivity contribution in [2.24, 2.45) is 0 Å². The molecule has 0 saturated carbocycles. The molecular formula is C29H29BrN4O6S. The summed E-state index contributed by atoms with van der Waals surface area (Å²) in [6.45, 7) is 1.03. The van der Waals surface area contributed by atoms with Crippen LogP contribution in [0.1, 0.15) is 15.9 Å². The van der Waals surface area contributed by atoms with Crippen molar-refractivity contribution in [3.63, 3.8) is 0 Å². The zero-order valence-corrected chi connectivity index (χ0v) is 25.1. The third kappa shape index (κ3) is 7.66. The van der Waals surface area contributed by atoms with Gasteiger partial charge in [-0.3, -0.25) is 19.0 Å². The number of halogens is 1. The Morgan fingerprint density at radius 3 is 2.49 bits per heavy atom. The van der Waals surface area contributed by atoms with Gasteiger partial charge in [0.1, 0.15) is 11.5 Å². The standard InChI is InChI=1S/C29H29BrN4O6S/c1-38-13-12-31-27(36)19-6-4-18(5-7-19)16-34-28(37)22-14-20(30)8-10-23(22)33-29(34)41-17-26(35)32-24-15-21(39-2)9-11-25(24)40-3/h4-11,14-15H,12-13,16-17H2,1-3H3,(H,31,36)(H,32,35). The van der Waals surface area contributed by atoms with Gasteiger partial charge < -0.3 is 24.8 Å². The smallest absolute Gasteiger partial charge is 0.262 e. The van der Waals surface area contributed by atoms with Crippen LogP contribution in [0, 0.1) is 0 Å². The topological polar surface area (TPSA) is 121 Å². The van der Waals surface area contributed by atoms with Crippen molar-refractivity contribution in [2.45, 2.75) is 11.7 Å². The van der Waals surface area contributed by atoms with Crippen molar-refractivity contribution in [3.8, 4) is 11.5 Å². The highest BCUT2D eigenvalue weighted by atomic mass is 79.9. The second-order valence-corrected chi connectivity index (χ2v) is 10.7. The van der Waals surface area contributed by atoms with Crippen molar-refractivity contribution in [1.29, 1.82) is 0 Å². The number of nitrogens with zero attached hydrogens (tertiary/aromatic N) is 2. The van der Waals surface area contributed by atoms with Crippen LogP contribution in [-0.2, 0) is 16.1 Å². The first-order valence-electron chi connectivity index (χ1n) is 12.5. The molecule has 4 aromatic rings. The molecule has 2 amide bonds. The average molecular weight is 642 g/mol. The highest BCUT2D eigenvalue weighted by Crippen LogP contribution is 2.29. The third-order valence-electron chi connectivity index (χ3n) is 6.04. The minimum atomic E-state index is -0.304. The molecule has 0 bridgehead atoms. The lowest BCUT2D eigenvalue weighted by molar-refractivity contribution is -0.113. The van der Waals surface area contributed by atoms with E-state index in [-0.39, 0.29) is 29.7 Å². The van der Waals surface area contributed by atoms with Gasteiger partial charge in [-0.1, -0.05) is 39.8 Å². The lowest BCUT2D eigenvalue weighted by Gasteiger charge is -2.15. The first-order chi connectivity index (χ1) is 19.8. The van der Waals surface area contributed by atoms with Crippen LogP contribution in [0.15, 0.2) is 75.1 Å². The molecule has 0 radical (unpaired) electrons. The van der Waals surface area contributed by atoms with Gasteiger partial charge in [0, 0.05) is 29.8 Å². The number of hydrogen-bond donors (Lipinski definition) is 2. The molecule has 4 rings (SSSR count). The molecule has 0 aliphatic rings. The Labute approximate surface area is 249 Å². The van der Waals surface area contributed by atoms with Gasteiger partial charge in [0.05, 0.1) is 49.7 Å². The van der Waals surface area contributed by atoms with Crippen molar-refractivity contribution < 1.29 is 23.8 Å². The summed E-state index contributed by atoms with van der Waals surface area (Å²) in [6, 6.07) is 17.4. The molecule has 0 aliphatic carbocycles. The SMILES string of the molecule is COCCNC(=O)c1ccc(Cn2c(SCC(=O)Nc3cc(OC)ccc3OC)nc3ccc(Br)cc3c2=O)cc1. The fourth-order valence-electron chi connectivity index (χ4n) is 3.96. The number of hydrogen-bond acceptors (Lipinski definition) is 8. The van der Waals surface area contributed by atoms with Gasteiger partial charge in [-0.05, 0) is 48.0 Å². The fraction of sp³-hybridized carbons (Fsp3) is 0.241. The van der Waals surface area contributed by atoms with E-state index in [1.54, 1.807) is 61.7 Å². The average Bonchev–Trinajstić information content (AvgIpc) is 2.98. The number of methoxy groups -OCH3 is 3. The summed E-state index contributed by atoms with van der Waals surface area (Å²) in [6.07, 6.45) is 0. The van der Waals surface area contributed by atoms with Gasteiger partial charge in [-0.15, -0.1) is 0 Å². The maximum absolute atomic E-state index is 13.6. The van der Waals surface area contributed by atoms with Crippen molar-refractivity contribution in [1.82, 2.24) is 14.9 Å². The van der Waals surface area contributed by atoms with Gasteiger partial charge in [-0.2, -0.15) is 0 Å². The molecule has 10 nitrogen and oxygen atoms in total. The van der Waals surface area contributed by atoms with Crippen molar-refractivity contribution >= 4 is 56.1 Å². The molecule has 1 aromatic heterocycles. The number of thioether (sulfide) groups is 1. The lowest BCUT2D eigenvalue weighted by Crippen LogP contribution is -2.27. The predicted molar refractivity (Wildman–Crippen MR) is 162 cm³/mol. The van der Waals surface area contributed by atoms with Crippen LogP contribution in [0.3, 0.4) is 0 Å². The Balaban J connectivity index is 1.57. The van der Waals surface area contributed by atoms with Crippen LogP contribution >= 0.6 is 27.7 Å². The summed E-state index contributed by atoms with van der Waals surface area (Å²) in [5, 5.41) is 6.45. The summed E-state index contributed by atoms with van der Waals surface area (Å²) in [5.74, 6) is 0.546. The molecule has 12 heteroatoms. The summed E-state index contributed by atoms with van der Waals surface area (Å²) in [5.41, 5.74) is 2.04. The first-order valence-corrected chi connectivity index (χ1v) is 14.3. The molecule has 0 atom stereocenters. The van der Waals surface area contributed by atoms with Crippen LogP contribution in [0.5, 0.6) is 11.5 Å². The number of carbonyl (C=O) groups excluding carboxylic acids is 2. The summed E-state index contributed by atoms with van der Waals surface area (Å²) < 4.78 is 17.9. The number of ether oxygens (including phenoxy) is 3. The molecule has 0 fully saturated rings. The Morgan fingerprint density at radius 2 is 1.78 bits per heavy atom. The Kier molecular flexibility index (Phi) is 10.4. The molecule has 0 unspecified atom stereocenters. The van der Waals surface area contributed by atoms with Crippen molar-refractivity contribution in [2.75, 3.05) is 45.6 Å². The largest absolute Gasteiger partial charge is 0.497 e. The second kappa shape index (κ2) is 14.2. The summed E-state index contributed by atoms with van der Waals surface area (Å²) in [7, 11) is 4.63. The van der Waals surface area contributed by atoms with E-state index in [1.165, 1.54) is 18.8 Å². The molecule has 2 N–H and O–H groups in total. The Morgan fingerprint density at radius 1 is 1.00 bits per heavy atom. The van der Waals surface area contributed by atoms with Gasteiger partial charge in [0.25, 0.3) is 11.5 Å². The van der Waals surface area contributed by atoms with E-state index in [0.29, 0.717) is 52.0 Å². The number of amides is 2. The van der Waals surface area contributed by atoms with E-state index in [2.05, 4.69) is 26.6 Å². The third-order valence-corrected chi connectivity index (χ3v) is 7.51. The maximum atomic E-state index is 13.6. The van der Waals surface area contributed by atoms with Crippen LogP contribution in [0.4, 0.5) is 5.69 Å². The van der Waals surface area contributed by atoms with Crippen LogP contribution < -0.4 is 25.7 Å². The number of fused-ring (bicyclic) bond motifs is 1. The highest BCUT2D eigenvalue weighted by molar-refractivity contribution is 9.10. The Bertz CT molecular complexity index is 1610. The van der Waals surface area contributed by atoms with E-state index in [4.69, 9.17) is 19.2 Å². The monoisotopic (exact) mass is 640 g/mol. The number of rotatable bonds is 12. The Hall–Kier alpha value is -3.87. The molecule has 0 aliphatic heterocycles. The number of anilines is 1. The van der Waals surface area contributed by atoms with Crippen LogP contribution in [-0.4, -0.2) is 61.6 Å². The van der Waals surface area contributed by atoms with E-state index in [0.717, 1.165) is 21.8 Å². The van der Waals surface area contributed by atoms with Gasteiger partial charge >= 0.3 is 0 Å². The lowest BCUT2D eigenvalue weighted by atomic mass is 10.1. The zero-order valence-electron chi connectivity index (χ0n) is 22.7. The zero-order chi connectivity index (χ0) is 29.4. The number of aromatic nitrogens is 2. The number of carbonyl (C=O) groups is 2. The number of nitrogens with one attached hydrogen (secondary N) is 2. The van der Waals surface area contributed by atoms with Gasteiger partial charge in [0.2, 0.25) is 5.91 Å². The molecule has 0 spiro atoms. The van der Waals surface area contributed by atoms with Gasteiger partial charge in [0.15, 0.2) is 5.16 Å². The molecule has 214 valence electrons. The molecule has 3 aromatic carbocycles. The van der Waals surface area contributed by atoms with Crippen molar-refractivity contribution in [3.05, 3.63) is 86.6 Å². The minimum absolute atomic E-state index is 0.00454. The number of benzene rings is 3. The van der Waals surface area contributed by atoms with Crippen LogP contribution in [0.2, 0.25) is 0 Å². The molecule has 0 saturated heterocycles. The van der Waals surface area contributed by atoms with E-state index >= 15 is 0 Å². The van der Waals surface area contributed by atoms with E-state index in [1.807, 2.05) is 6.07 Å². The van der Waals surface area contributed by atoms with Gasteiger partial charge in [-0.25, -0.2) is 4.98 Å². The predicted octanol–water partition coefficient (Wildman–Crippen LogP) is 4.33. The summed E-state index contributed by atoms with van der Waals surface area (Å²) in [4.78, 5) is 43.6. The normalized spacial score (nSPS) is 10.8. The highest BCUT2D eigenvalue weighted by Gasteiger charge is 2.16. The van der Waals surface area contributed by atoms with E-state index < -0.39 is 0 Å². The molecular weight excluding hydrogens is 612 g/mol. The second-order valence-electron chi connectivity index (χ2n) is 8.80. The quantitative estimate of drug-likeness (QED) is 0.133. The fourth-order valence-corrected chi connectivity index (χ4v) is 5.12. The summed E-state index contributed by atoms with van der Waals surface area (Å²) >= 11 is 4.57. The minimum Gasteiger partial charge on any atom is -0.497 e.